The van der Waals surface area contributed by atoms with Gasteiger partial charge in [0.1, 0.15) is 11.3 Å². The van der Waals surface area contributed by atoms with Gasteiger partial charge < -0.3 is 24.2 Å². The van der Waals surface area contributed by atoms with Crippen LogP contribution in [0.15, 0.2) is 42.7 Å². The number of pyridine rings is 1. The molecule has 4 unspecified atom stereocenters. The molecule has 1 amide bonds. The molecule has 9 heteroatoms. The third-order valence-electron chi connectivity index (χ3n) is 9.57. The lowest BCUT2D eigenvalue weighted by Gasteiger charge is -2.48. The van der Waals surface area contributed by atoms with E-state index in [9.17, 15) is 4.79 Å². The van der Waals surface area contributed by atoms with Crippen LogP contribution in [0.2, 0.25) is 0 Å². The maximum absolute atomic E-state index is 14.1. The number of likely N-dealkylation sites (tertiary alicyclic amines) is 1. The summed E-state index contributed by atoms with van der Waals surface area (Å²) in [6.45, 7) is 8.75. The maximum atomic E-state index is 14.1. The monoisotopic (exact) mass is 556 g/mol. The number of hydrogen-bond acceptors (Lipinski definition) is 8. The minimum absolute atomic E-state index is 0.104. The predicted octanol–water partition coefficient (Wildman–Crippen LogP) is 4.02. The number of fused-ring (bicyclic) bond motifs is 3. The van der Waals surface area contributed by atoms with Crippen LogP contribution in [0.25, 0.3) is 11.2 Å². The van der Waals surface area contributed by atoms with Crippen LogP contribution in [0.4, 0.5) is 5.82 Å². The summed E-state index contributed by atoms with van der Waals surface area (Å²) in [6, 6.07) is 10.3. The number of carbonyl (C=O) groups excluding carboxylic acids is 1. The van der Waals surface area contributed by atoms with Gasteiger partial charge in [0.15, 0.2) is 17.1 Å². The molecule has 4 aliphatic rings. The number of ether oxygens (including phenoxy) is 2. The number of anilines is 1. The number of aromatic nitrogens is 3. The van der Waals surface area contributed by atoms with Gasteiger partial charge in [-0.2, -0.15) is 0 Å². The van der Waals surface area contributed by atoms with Crippen LogP contribution < -0.4 is 14.4 Å². The topological polar surface area (TPSA) is 83.9 Å². The number of hydrogen-bond donors (Lipinski definition) is 0. The van der Waals surface area contributed by atoms with Crippen molar-refractivity contribution >= 4 is 22.9 Å². The Bertz CT molecular complexity index is 1390. The Morgan fingerprint density at radius 3 is 2.71 bits per heavy atom. The van der Waals surface area contributed by atoms with Crippen molar-refractivity contribution in [3.05, 3.63) is 48.3 Å². The largest absolute Gasteiger partial charge is 0.454 e. The zero-order valence-corrected chi connectivity index (χ0v) is 24.0. The molecule has 5 heterocycles. The van der Waals surface area contributed by atoms with Gasteiger partial charge in [-0.1, -0.05) is 25.8 Å². The normalized spacial score (nSPS) is 25.2. The van der Waals surface area contributed by atoms with Crippen LogP contribution in [0, 0.1) is 23.7 Å². The van der Waals surface area contributed by atoms with Crippen LogP contribution >= 0.6 is 0 Å². The number of piperazine rings is 1. The smallest absolute Gasteiger partial charge is 0.231 e. The van der Waals surface area contributed by atoms with E-state index in [4.69, 9.17) is 14.5 Å². The fourth-order valence-corrected chi connectivity index (χ4v) is 7.61. The van der Waals surface area contributed by atoms with E-state index in [2.05, 4.69) is 43.7 Å². The van der Waals surface area contributed by atoms with Gasteiger partial charge in [-0.25, -0.2) is 9.97 Å². The van der Waals surface area contributed by atoms with Crippen molar-refractivity contribution in [3.63, 3.8) is 0 Å². The second-order valence-electron chi connectivity index (χ2n) is 12.4. The number of piperidine rings is 1. The van der Waals surface area contributed by atoms with Gasteiger partial charge in [0.05, 0.1) is 5.92 Å². The first kappa shape index (κ1) is 26.4. The molecule has 2 aromatic heterocycles. The molecule has 7 rings (SSSR count). The molecule has 1 aliphatic carbocycles. The molecule has 216 valence electrons. The SMILES string of the molecule is CC(Cc1ccc2c(c1)OCO2)CN1CC2CCCCC2C(C(=O)N2CCN(c3ccc4nccnc4n3)CC2)C1. The van der Waals surface area contributed by atoms with Crippen molar-refractivity contribution < 1.29 is 14.3 Å². The van der Waals surface area contributed by atoms with Gasteiger partial charge in [0.25, 0.3) is 0 Å². The summed E-state index contributed by atoms with van der Waals surface area (Å²) >= 11 is 0. The Balaban J connectivity index is 0.989. The van der Waals surface area contributed by atoms with Crippen LogP contribution in [-0.4, -0.2) is 83.3 Å². The molecule has 3 aromatic rings. The second kappa shape index (κ2) is 11.4. The first-order valence-electron chi connectivity index (χ1n) is 15.3. The highest BCUT2D eigenvalue weighted by molar-refractivity contribution is 5.80. The average molecular weight is 557 g/mol. The standard InChI is InChI=1S/C32H40N6O3/c1-22(16-23-6-8-28-29(17-23)41-21-40-28)18-36-19-24-4-2-3-5-25(24)26(20-36)32(39)38-14-12-37(13-15-38)30-9-7-27-31(35-30)34-11-10-33-27/h6-11,17,22,24-26H,2-5,12-16,18-21H2,1H3. The number of carbonyl (C=O) groups is 1. The van der Waals surface area contributed by atoms with E-state index in [1.165, 1.54) is 31.2 Å². The lowest BCUT2D eigenvalue weighted by atomic mass is 9.69. The molecule has 0 N–H and O–H groups in total. The minimum Gasteiger partial charge on any atom is -0.454 e. The number of nitrogens with zero attached hydrogens (tertiary/aromatic N) is 6. The summed E-state index contributed by atoms with van der Waals surface area (Å²) < 4.78 is 11.1. The van der Waals surface area contributed by atoms with Crippen molar-refractivity contribution in [2.75, 3.05) is 57.5 Å². The fraction of sp³-hybridized carbons (Fsp3) is 0.562. The summed E-state index contributed by atoms with van der Waals surface area (Å²) in [4.78, 5) is 34.5. The van der Waals surface area contributed by atoms with Crippen molar-refractivity contribution in [1.29, 1.82) is 0 Å². The van der Waals surface area contributed by atoms with Gasteiger partial charge in [-0.05, 0) is 66.8 Å². The Kier molecular flexibility index (Phi) is 7.37. The van der Waals surface area contributed by atoms with E-state index in [0.29, 0.717) is 36.1 Å². The lowest BCUT2D eigenvalue weighted by Crippen LogP contribution is -2.57. The molecule has 1 saturated carbocycles. The van der Waals surface area contributed by atoms with Gasteiger partial charge >= 0.3 is 0 Å². The van der Waals surface area contributed by atoms with Gasteiger partial charge in [-0.3, -0.25) is 9.78 Å². The highest BCUT2D eigenvalue weighted by atomic mass is 16.7. The zero-order chi connectivity index (χ0) is 27.8. The highest BCUT2D eigenvalue weighted by Gasteiger charge is 2.43. The third-order valence-corrected chi connectivity index (χ3v) is 9.57. The molecule has 0 spiro atoms. The quantitative estimate of drug-likeness (QED) is 0.450. The Hall–Kier alpha value is -3.46. The van der Waals surface area contributed by atoms with E-state index in [1.54, 1.807) is 12.4 Å². The summed E-state index contributed by atoms with van der Waals surface area (Å²) in [5.41, 5.74) is 2.76. The molecular formula is C32H40N6O3. The van der Waals surface area contributed by atoms with Crippen molar-refractivity contribution in [3.8, 4) is 11.5 Å². The van der Waals surface area contributed by atoms with Crippen molar-refractivity contribution in [1.82, 2.24) is 24.8 Å². The maximum Gasteiger partial charge on any atom is 0.231 e. The van der Waals surface area contributed by atoms with E-state index in [-0.39, 0.29) is 5.92 Å². The first-order valence-corrected chi connectivity index (χ1v) is 15.3. The predicted molar refractivity (Wildman–Crippen MR) is 157 cm³/mol. The van der Waals surface area contributed by atoms with Gasteiger partial charge in [-0.15, -0.1) is 0 Å². The number of amides is 1. The molecule has 4 atom stereocenters. The number of benzene rings is 1. The van der Waals surface area contributed by atoms with E-state index >= 15 is 0 Å². The van der Waals surface area contributed by atoms with Crippen LogP contribution in [0.1, 0.15) is 38.2 Å². The summed E-state index contributed by atoms with van der Waals surface area (Å²) in [5, 5.41) is 0. The molecule has 3 fully saturated rings. The second-order valence-corrected chi connectivity index (χ2v) is 12.4. The molecule has 1 aromatic carbocycles. The fourth-order valence-electron chi connectivity index (χ4n) is 7.61. The lowest BCUT2D eigenvalue weighted by molar-refractivity contribution is -0.142. The van der Waals surface area contributed by atoms with Crippen LogP contribution in [-0.2, 0) is 11.2 Å². The number of rotatable bonds is 6. The summed E-state index contributed by atoms with van der Waals surface area (Å²) in [6.07, 6.45) is 9.38. The van der Waals surface area contributed by atoms with E-state index < -0.39 is 0 Å². The highest BCUT2D eigenvalue weighted by Crippen LogP contribution is 2.41. The molecule has 41 heavy (non-hydrogen) atoms. The molecule has 0 bridgehead atoms. The van der Waals surface area contributed by atoms with Crippen molar-refractivity contribution in [2.45, 2.75) is 39.0 Å². The van der Waals surface area contributed by atoms with Crippen molar-refractivity contribution in [2.24, 2.45) is 23.7 Å². The molecule has 3 aliphatic heterocycles. The Morgan fingerprint density at radius 2 is 1.80 bits per heavy atom. The average Bonchev–Trinajstić information content (AvgIpc) is 3.48. The molecule has 9 nitrogen and oxygen atoms in total. The molecular weight excluding hydrogens is 516 g/mol. The van der Waals surface area contributed by atoms with Crippen LogP contribution in [0.5, 0.6) is 11.5 Å². The zero-order valence-electron chi connectivity index (χ0n) is 24.0. The van der Waals surface area contributed by atoms with Gasteiger partial charge in [0.2, 0.25) is 12.7 Å². The Morgan fingerprint density at radius 1 is 0.976 bits per heavy atom. The molecule has 2 saturated heterocycles. The first-order chi connectivity index (χ1) is 20.1. The minimum atomic E-state index is 0.104. The van der Waals surface area contributed by atoms with Crippen LogP contribution in [0.3, 0.4) is 0 Å². The van der Waals surface area contributed by atoms with Gasteiger partial charge in [0, 0.05) is 58.2 Å². The summed E-state index contributed by atoms with van der Waals surface area (Å²) in [5.74, 6) is 4.73. The third kappa shape index (κ3) is 5.56. The summed E-state index contributed by atoms with van der Waals surface area (Å²) in [7, 11) is 0. The van der Waals surface area contributed by atoms with E-state index in [0.717, 1.165) is 75.1 Å². The molecule has 0 radical (unpaired) electrons. The Labute approximate surface area is 241 Å². The van der Waals surface area contributed by atoms with E-state index in [1.807, 2.05) is 18.2 Å².